The van der Waals surface area contributed by atoms with E-state index in [0.29, 0.717) is 19.3 Å². The summed E-state index contributed by atoms with van der Waals surface area (Å²) in [6.07, 6.45) is 67.4. The number of unbranched alkanes of at least 4 members (excludes halogenated alkanes) is 26. The summed E-state index contributed by atoms with van der Waals surface area (Å²) in [5.74, 6) is -0.917. The summed E-state index contributed by atoms with van der Waals surface area (Å²) in [7, 11) is 0. The van der Waals surface area contributed by atoms with Gasteiger partial charge in [-0.25, -0.2) is 0 Å². The first kappa shape index (κ1) is 61.9. The Morgan fingerprint density at radius 3 is 0.985 bits per heavy atom. The van der Waals surface area contributed by atoms with Gasteiger partial charge in [-0.3, -0.25) is 14.4 Å². The Hall–Kier alpha value is -3.15. The molecule has 0 aromatic heterocycles. The van der Waals surface area contributed by atoms with Gasteiger partial charge in [0.2, 0.25) is 0 Å². The van der Waals surface area contributed by atoms with Crippen LogP contribution in [-0.2, 0) is 28.6 Å². The largest absolute Gasteiger partial charge is 0.462 e. The highest BCUT2D eigenvalue weighted by Gasteiger charge is 2.19. The van der Waals surface area contributed by atoms with Crippen LogP contribution in [0.4, 0.5) is 0 Å². The van der Waals surface area contributed by atoms with E-state index < -0.39 is 6.10 Å². The van der Waals surface area contributed by atoms with E-state index in [1.807, 2.05) is 0 Å². The topological polar surface area (TPSA) is 78.9 Å². The average molecular weight is 907 g/mol. The van der Waals surface area contributed by atoms with Crippen molar-refractivity contribution in [3.8, 4) is 0 Å². The van der Waals surface area contributed by atoms with Crippen molar-refractivity contribution >= 4 is 17.9 Å². The number of carbonyl (C=O) groups is 3. The molecule has 0 aliphatic rings. The Bertz CT molecular complexity index is 1230. The van der Waals surface area contributed by atoms with Gasteiger partial charge in [0, 0.05) is 19.3 Å². The van der Waals surface area contributed by atoms with Crippen LogP contribution in [0.3, 0.4) is 0 Å². The van der Waals surface area contributed by atoms with Crippen molar-refractivity contribution in [2.75, 3.05) is 13.2 Å². The molecule has 0 heterocycles. The summed E-state index contributed by atoms with van der Waals surface area (Å²) >= 11 is 0. The van der Waals surface area contributed by atoms with Gasteiger partial charge < -0.3 is 14.2 Å². The zero-order valence-electron chi connectivity index (χ0n) is 42.7. The Kier molecular flexibility index (Phi) is 50.9. The van der Waals surface area contributed by atoms with Gasteiger partial charge in [-0.1, -0.05) is 229 Å². The fourth-order valence-electron chi connectivity index (χ4n) is 7.58. The maximum Gasteiger partial charge on any atom is 0.306 e. The predicted molar refractivity (Wildman–Crippen MR) is 279 cm³/mol. The zero-order chi connectivity index (χ0) is 47.2. The Morgan fingerprint density at radius 1 is 0.323 bits per heavy atom. The number of esters is 3. The monoisotopic (exact) mass is 907 g/mol. The van der Waals surface area contributed by atoms with E-state index in [9.17, 15) is 14.4 Å². The van der Waals surface area contributed by atoms with Gasteiger partial charge in [-0.15, -0.1) is 0 Å². The van der Waals surface area contributed by atoms with Crippen LogP contribution in [0.2, 0.25) is 0 Å². The third-order valence-electron chi connectivity index (χ3n) is 11.7. The van der Waals surface area contributed by atoms with E-state index in [1.165, 1.54) is 128 Å². The number of ether oxygens (including phenoxy) is 3. The molecule has 0 spiro atoms. The number of allylic oxidation sites excluding steroid dienone is 12. The number of hydrogen-bond acceptors (Lipinski definition) is 6. The molecule has 0 fully saturated rings. The van der Waals surface area contributed by atoms with E-state index in [4.69, 9.17) is 14.2 Å². The molecule has 374 valence electrons. The molecule has 6 heteroatoms. The molecule has 0 radical (unpaired) electrons. The van der Waals surface area contributed by atoms with Gasteiger partial charge in [-0.2, -0.15) is 0 Å². The molecule has 0 aromatic carbocycles. The molecule has 0 aliphatic carbocycles. The molecule has 6 nitrogen and oxygen atoms in total. The summed E-state index contributed by atoms with van der Waals surface area (Å²) in [5.41, 5.74) is 0. The summed E-state index contributed by atoms with van der Waals surface area (Å²) in [4.78, 5) is 38.1. The van der Waals surface area contributed by atoms with Gasteiger partial charge >= 0.3 is 17.9 Å². The highest BCUT2D eigenvalue weighted by Crippen LogP contribution is 2.15. The lowest BCUT2D eigenvalue weighted by molar-refractivity contribution is -0.167. The molecule has 1 atom stereocenters. The lowest BCUT2D eigenvalue weighted by Crippen LogP contribution is -2.30. The van der Waals surface area contributed by atoms with E-state index >= 15 is 0 Å². The van der Waals surface area contributed by atoms with Crippen LogP contribution in [0.1, 0.15) is 265 Å². The Balaban J connectivity index is 4.43. The minimum atomic E-state index is -0.789. The second kappa shape index (κ2) is 53.5. The predicted octanol–water partition coefficient (Wildman–Crippen LogP) is 18.2. The molecule has 0 amide bonds. The van der Waals surface area contributed by atoms with Crippen molar-refractivity contribution in [3.63, 3.8) is 0 Å². The van der Waals surface area contributed by atoms with E-state index in [0.717, 1.165) is 96.3 Å². The summed E-state index contributed by atoms with van der Waals surface area (Å²) in [6, 6.07) is 0. The lowest BCUT2D eigenvalue weighted by atomic mass is 10.0. The molecule has 0 bridgehead atoms. The first-order chi connectivity index (χ1) is 32.0. The minimum absolute atomic E-state index is 0.0857. The molecule has 0 N–H and O–H groups in total. The second-order valence-corrected chi connectivity index (χ2v) is 18.1. The molecule has 0 aliphatic heterocycles. The van der Waals surface area contributed by atoms with Gasteiger partial charge in [0.05, 0.1) is 0 Å². The quantitative estimate of drug-likeness (QED) is 0.0262. The molecule has 65 heavy (non-hydrogen) atoms. The molecule has 0 saturated carbocycles. The fraction of sp³-hybridized carbons (Fsp3) is 0.746. The van der Waals surface area contributed by atoms with Crippen LogP contribution in [0.25, 0.3) is 0 Å². The van der Waals surface area contributed by atoms with E-state index in [1.54, 1.807) is 0 Å². The van der Waals surface area contributed by atoms with Crippen molar-refractivity contribution < 1.29 is 28.6 Å². The molecular weight excluding hydrogens is 805 g/mol. The number of hydrogen-bond donors (Lipinski definition) is 0. The summed E-state index contributed by atoms with van der Waals surface area (Å²) in [6.45, 7) is 6.49. The van der Waals surface area contributed by atoms with Gasteiger partial charge in [0.1, 0.15) is 13.2 Å². The lowest BCUT2D eigenvalue weighted by Gasteiger charge is -2.18. The van der Waals surface area contributed by atoms with Gasteiger partial charge in [-0.05, 0) is 89.9 Å². The molecule has 0 unspecified atom stereocenters. The van der Waals surface area contributed by atoms with Gasteiger partial charge in [0.15, 0.2) is 6.10 Å². The Labute approximate surface area is 402 Å². The van der Waals surface area contributed by atoms with E-state index in [-0.39, 0.29) is 31.1 Å². The first-order valence-electron chi connectivity index (χ1n) is 27.4. The van der Waals surface area contributed by atoms with Crippen LogP contribution < -0.4 is 0 Å². The van der Waals surface area contributed by atoms with E-state index in [2.05, 4.69) is 93.7 Å². The van der Waals surface area contributed by atoms with Crippen molar-refractivity contribution in [1.29, 1.82) is 0 Å². The van der Waals surface area contributed by atoms with Crippen LogP contribution in [0.5, 0.6) is 0 Å². The van der Waals surface area contributed by atoms with Crippen LogP contribution in [-0.4, -0.2) is 37.2 Å². The second-order valence-electron chi connectivity index (χ2n) is 18.1. The number of rotatable bonds is 49. The number of carbonyl (C=O) groups excluding carboxylic acids is 3. The van der Waals surface area contributed by atoms with Crippen LogP contribution in [0.15, 0.2) is 72.9 Å². The standard InChI is InChI=1S/C59H102O6/c1-4-7-10-13-16-19-22-25-27-28-29-30-32-34-37-40-43-46-49-52-58(61)64-55-56(54-63-57(60)51-48-45-42-39-36-33-24-21-18-15-12-9-6-3)65-59(62)53-50-47-44-41-38-35-31-26-23-20-17-14-11-8-5-2/h7,10,16,19-20,23,25,27,29-30,34,37,56H,4-6,8-9,11-15,17-18,21-22,24,26,28,31-33,35-36,38-55H2,1-3H3/b10-7-,19-16-,23-20-,27-25-,30-29-,37-34-/t56-/m0/s1. The van der Waals surface area contributed by atoms with Crippen LogP contribution in [0, 0.1) is 0 Å². The Morgan fingerprint density at radius 2 is 0.600 bits per heavy atom. The zero-order valence-corrected chi connectivity index (χ0v) is 42.7. The minimum Gasteiger partial charge on any atom is -0.462 e. The smallest absolute Gasteiger partial charge is 0.306 e. The normalized spacial score (nSPS) is 12.6. The molecular formula is C59H102O6. The van der Waals surface area contributed by atoms with Crippen molar-refractivity contribution in [2.45, 2.75) is 271 Å². The molecule has 0 aromatic rings. The molecule has 0 saturated heterocycles. The fourth-order valence-corrected chi connectivity index (χ4v) is 7.58. The SMILES string of the molecule is CC/C=C\C/C=C\C/C=C\C/C=C\C/C=C\CCCCCC(=O)OC[C@H](COC(=O)CCCCCCCCCCCCCCC)OC(=O)CCCCCCCCC/C=C\CCCCCC. The first-order valence-corrected chi connectivity index (χ1v) is 27.4. The van der Waals surface area contributed by atoms with Crippen LogP contribution >= 0.6 is 0 Å². The van der Waals surface area contributed by atoms with Crippen molar-refractivity contribution in [1.82, 2.24) is 0 Å². The van der Waals surface area contributed by atoms with Crippen molar-refractivity contribution in [2.24, 2.45) is 0 Å². The maximum atomic E-state index is 12.8. The third kappa shape index (κ3) is 51.7. The van der Waals surface area contributed by atoms with Gasteiger partial charge in [0.25, 0.3) is 0 Å². The highest BCUT2D eigenvalue weighted by atomic mass is 16.6. The summed E-state index contributed by atoms with van der Waals surface area (Å²) < 4.78 is 16.8. The van der Waals surface area contributed by atoms with Crippen molar-refractivity contribution in [3.05, 3.63) is 72.9 Å². The third-order valence-corrected chi connectivity index (χ3v) is 11.7. The maximum absolute atomic E-state index is 12.8. The summed E-state index contributed by atoms with van der Waals surface area (Å²) in [5, 5.41) is 0. The average Bonchev–Trinajstić information content (AvgIpc) is 3.30. The molecule has 0 rings (SSSR count). The highest BCUT2D eigenvalue weighted by molar-refractivity contribution is 5.71.